The third-order valence-electron chi connectivity index (χ3n) is 0. The van der Waals surface area contributed by atoms with Crippen LogP contribution in [0.3, 0.4) is 0 Å². The van der Waals surface area contributed by atoms with Gasteiger partial charge >= 0.3 is 55.3 Å². The van der Waals surface area contributed by atoms with Gasteiger partial charge in [0.05, 0.1) is 0 Å². The van der Waals surface area contributed by atoms with Gasteiger partial charge in [0.2, 0.25) is 0 Å². The van der Waals surface area contributed by atoms with Gasteiger partial charge in [0, 0.05) is 0 Å². The van der Waals surface area contributed by atoms with Gasteiger partial charge in [0.25, 0.3) is 0 Å². The second-order valence-electron chi connectivity index (χ2n) is 0.500. The van der Waals surface area contributed by atoms with Gasteiger partial charge in [0.1, 0.15) is 0 Å². The molecule has 0 aromatic carbocycles. The van der Waals surface area contributed by atoms with Gasteiger partial charge in [-0.15, -0.1) is 0 Å². The van der Waals surface area contributed by atoms with E-state index in [0.29, 0.717) is 0 Å². The van der Waals surface area contributed by atoms with Gasteiger partial charge in [0.15, 0.2) is 0 Å². The molecule has 0 radical (unpaired) electrons. The number of carbonyl (C=O) groups excluding carboxylic acids is 2. The molecular formula is C2GeLi2O7. The van der Waals surface area contributed by atoms with Crippen molar-refractivity contribution >= 4 is 29.9 Å². The zero-order valence-electron chi connectivity index (χ0n) is 6.36. The predicted octanol–water partition coefficient (Wildman–Crippen LogP) is -11.4. The maximum atomic E-state index is 8.33. The number of rotatable bonds is 0. The minimum Gasteiger partial charge on any atom is -2.00 e. The van der Waals surface area contributed by atoms with Crippen LogP contribution in [0.2, 0.25) is 0 Å². The molecule has 0 saturated carbocycles. The summed E-state index contributed by atoms with van der Waals surface area (Å²) in [5, 5.41) is 33.3. The van der Waals surface area contributed by atoms with Crippen LogP contribution in [0.4, 0.5) is 9.59 Å². The monoisotopic (exact) mass is 224 g/mol. The van der Waals surface area contributed by atoms with Crippen molar-refractivity contribution in [3.05, 3.63) is 0 Å². The Hall–Kier alpha value is 0.238. The van der Waals surface area contributed by atoms with E-state index in [1.54, 1.807) is 0 Å². The third-order valence-corrected chi connectivity index (χ3v) is 0. The van der Waals surface area contributed by atoms with E-state index in [1.165, 1.54) is 0 Å². The Morgan fingerprint density at radius 2 is 0.750 bits per heavy atom. The average molecular weight is 223 g/mol. The number of hydrogen-bond acceptors (Lipinski definition) is 6. The Bertz CT molecular complexity index is 77.4. The van der Waals surface area contributed by atoms with Crippen molar-refractivity contribution in [1.29, 1.82) is 0 Å². The van der Waals surface area contributed by atoms with Crippen molar-refractivity contribution in [3.63, 3.8) is 0 Å². The van der Waals surface area contributed by atoms with E-state index < -0.39 is 12.3 Å². The Morgan fingerprint density at radius 1 is 0.750 bits per heavy atom. The predicted molar refractivity (Wildman–Crippen MR) is 17.2 cm³/mol. The van der Waals surface area contributed by atoms with E-state index in [9.17, 15) is 0 Å². The number of carboxylic acid groups (broad SMARTS) is 4. The van der Waals surface area contributed by atoms with Crippen molar-refractivity contribution in [2.45, 2.75) is 0 Å². The van der Waals surface area contributed by atoms with Crippen LogP contribution < -0.4 is 58.1 Å². The molecule has 0 saturated heterocycles. The SMILES string of the molecule is O=C([O-])[O-].O=C([O-])[O-].[Ge+4].[Li+].[Li+].[O-2]. The molecule has 0 aliphatic heterocycles. The van der Waals surface area contributed by atoms with E-state index >= 15 is 0 Å². The van der Waals surface area contributed by atoms with Crippen molar-refractivity contribution in [2.24, 2.45) is 0 Å². The first-order chi connectivity index (χ1) is 3.46. The topological polar surface area (TPSA) is 155 Å². The summed E-state index contributed by atoms with van der Waals surface area (Å²) in [6.07, 6.45) is -4.67. The van der Waals surface area contributed by atoms with Crippen LogP contribution in [0.5, 0.6) is 0 Å². The molecule has 0 rings (SSSR count). The van der Waals surface area contributed by atoms with Crippen LogP contribution in [-0.2, 0) is 5.48 Å². The first kappa shape index (κ1) is 39.7. The summed E-state index contributed by atoms with van der Waals surface area (Å²) in [5.74, 6) is 0. The normalized spacial score (nSPS) is 4.00. The fourth-order valence-electron chi connectivity index (χ4n) is 0. The Kier molecular flexibility index (Phi) is 100. The van der Waals surface area contributed by atoms with Crippen molar-refractivity contribution in [3.8, 4) is 0 Å². The standard InChI is InChI=1S/2CH2O3.Ge.2Li.O/c2*2-1(3)4;;;;/h2*(H2,2,3,4);;;;/q;;+4;2*+1;-2/p-4. The second-order valence-corrected chi connectivity index (χ2v) is 0.500. The Morgan fingerprint density at radius 3 is 0.750 bits per heavy atom. The van der Waals surface area contributed by atoms with Crippen LogP contribution in [0.25, 0.3) is 0 Å². The summed E-state index contributed by atoms with van der Waals surface area (Å²) < 4.78 is 0. The third kappa shape index (κ3) is 15500. The molecule has 0 unspecified atom stereocenters. The molecule has 7 nitrogen and oxygen atoms in total. The van der Waals surface area contributed by atoms with Gasteiger partial charge in [-0.1, -0.05) is 0 Å². The molecule has 0 aromatic rings. The molecular weight excluding hydrogens is 223 g/mol. The molecule has 56 valence electrons. The van der Waals surface area contributed by atoms with Crippen LogP contribution in [-0.4, -0.2) is 29.9 Å². The summed E-state index contributed by atoms with van der Waals surface area (Å²) >= 11 is 0. The first-order valence-electron chi connectivity index (χ1n) is 1.22. The van der Waals surface area contributed by atoms with Crippen LogP contribution in [0.15, 0.2) is 0 Å². The van der Waals surface area contributed by atoms with Crippen molar-refractivity contribution in [1.82, 2.24) is 0 Å². The molecule has 0 aliphatic rings. The van der Waals surface area contributed by atoms with E-state index in [0.717, 1.165) is 0 Å². The maximum absolute atomic E-state index is 8.33. The molecule has 0 bridgehead atoms. The molecule has 0 fully saturated rings. The van der Waals surface area contributed by atoms with Gasteiger partial charge in [-0.05, 0) is 12.3 Å². The van der Waals surface area contributed by atoms with E-state index in [1.807, 2.05) is 0 Å². The molecule has 0 spiro atoms. The average Bonchev–Trinajstić information content (AvgIpc) is 1.25. The zero-order valence-corrected chi connectivity index (χ0v) is 8.46. The maximum Gasteiger partial charge on any atom is 4.00 e. The van der Waals surface area contributed by atoms with Crippen LogP contribution in [0, 0.1) is 0 Å². The van der Waals surface area contributed by atoms with Crippen molar-refractivity contribution < 1.29 is 73.2 Å². The summed E-state index contributed by atoms with van der Waals surface area (Å²) in [6, 6.07) is 0. The summed E-state index contributed by atoms with van der Waals surface area (Å²) in [6.45, 7) is 0. The summed E-state index contributed by atoms with van der Waals surface area (Å²) in [4.78, 5) is 16.7. The van der Waals surface area contributed by atoms with E-state index in [2.05, 4.69) is 0 Å². The zero-order chi connectivity index (χ0) is 7.15. The molecule has 0 amide bonds. The number of carbonyl (C=O) groups is 2. The summed E-state index contributed by atoms with van der Waals surface area (Å²) in [5.41, 5.74) is 0. The van der Waals surface area contributed by atoms with Crippen molar-refractivity contribution in [2.75, 3.05) is 0 Å². The van der Waals surface area contributed by atoms with Crippen LogP contribution >= 0.6 is 0 Å². The quantitative estimate of drug-likeness (QED) is 0.371. The molecule has 0 atom stereocenters. The fourth-order valence-corrected chi connectivity index (χ4v) is 0. The van der Waals surface area contributed by atoms with Gasteiger partial charge in [-0.3, -0.25) is 0 Å². The van der Waals surface area contributed by atoms with Gasteiger partial charge in [-0.25, -0.2) is 0 Å². The van der Waals surface area contributed by atoms with Crippen LogP contribution in [0.1, 0.15) is 0 Å². The molecule has 12 heavy (non-hydrogen) atoms. The smallest absolute Gasteiger partial charge is 2.00 e. The Balaban J connectivity index is -0.0000000112. The van der Waals surface area contributed by atoms with E-state index in [-0.39, 0.29) is 60.8 Å². The van der Waals surface area contributed by atoms with E-state index in [4.69, 9.17) is 30.0 Å². The minimum absolute atomic E-state index is 0. The van der Waals surface area contributed by atoms with Gasteiger partial charge < -0.3 is 35.5 Å². The Labute approximate surface area is 103 Å². The summed E-state index contributed by atoms with van der Waals surface area (Å²) in [7, 11) is 0. The molecule has 10 heteroatoms. The van der Waals surface area contributed by atoms with Gasteiger partial charge in [-0.2, -0.15) is 0 Å². The first-order valence-corrected chi connectivity index (χ1v) is 1.22. The fraction of sp³-hybridized carbons (Fsp3) is 0. The molecule has 0 N–H and O–H groups in total. The molecule has 0 heterocycles. The largest absolute Gasteiger partial charge is 4.00 e. The molecule has 0 aromatic heterocycles. The number of hydrogen-bond donors (Lipinski definition) is 0. The second kappa shape index (κ2) is 30.3. The minimum atomic E-state index is -2.33. The molecule has 0 aliphatic carbocycles.